The van der Waals surface area contributed by atoms with E-state index in [1.165, 1.54) is 199 Å². The number of hydrogen-bond donors (Lipinski definition) is 3. The van der Waals surface area contributed by atoms with E-state index in [1.54, 1.807) is 0 Å². The minimum absolute atomic E-state index is 0.106. The number of rotatable bonds is 73. The number of carbonyl (C=O) groups is 4. The molecule has 19 heteroatoms. The van der Waals surface area contributed by atoms with Crippen LogP contribution in [0.25, 0.3) is 0 Å². The Bertz CT molecular complexity index is 1770. The fraction of sp³-hybridized carbons (Fsp3) is 0.945. The maximum atomic E-state index is 13.0. The third-order valence-electron chi connectivity index (χ3n) is 17.0. The molecule has 0 fully saturated rings. The first-order chi connectivity index (χ1) is 44.5. The van der Waals surface area contributed by atoms with Gasteiger partial charge in [0.25, 0.3) is 0 Å². The van der Waals surface area contributed by atoms with Gasteiger partial charge in [0, 0.05) is 25.7 Å². The summed E-state index contributed by atoms with van der Waals surface area (Å²) in [5.41, 5.74) is 0. The molecule has 17 nitrogen and oxygen atoms in total. The summed E-state index contributed by atoms with van der Waals surface area (Å²) in [6.07, 6.45) is 54.4. The van der Waals surface area contributed by atoms with E-state index in [0.29, 0.717) is 31.6 Å². The number of hydrogen-bond acceptors (Lipinski definition) is 15. The molecule has 0 aliphatic carbocycles. The van der Waals surface area contributed by atoms with Crippen LogP contribution in [-0.2, 0) is 65.4 Å². The Kier molecular flexibility index (Phi) is 64.9. The number of carbonyl (C=O) groups excluding carboxylic acids is 4. The number of unbranched alkanes of at least 4 members (excludes halogenated alkanes) is 45. The van der Waals surface area contributed by atoms with Crippen LogP contribution in [0.4, 0.5) is 0 Å². The number of esters is 4. The van der Waals surface area contributed by atoms with E-state index < -0.39 is 97.5 Å². The topological polar surface area (TPSA) is 237 Å². The molecular weight excluding hydrogens is 1210 g/mol. The Balaban J connectivity index is 5.16. The molecular formula is C73H142O17P2. The molecule has 0 rings (SSSR count). The van der Waals surface area contributed by atoms with Gasteiger partial charge in [-0.15, -0.1) is 0 Å². The first-order valence-electron chi connectivity index (χ1n) is 38.1. The molecule has 0 aromatic heterocycles. The SMILES string of the molecule is CCCCCCCCCCCCCCCCCCCCCCCC(=O)O[C@H](COC(=O)CCCCCCCCCCCCCC)COP(=O)(O)OC[C@@H](O)COP(=O)(O)OC[C@@H](COC(=O)CCCCCCCCC(C)C)OC(=O)CCCCCCCCCCCC. The van der Waals surface area contributed by atoms with Gasteiger partial charge in [0.15, 0.2) is 12.2 Å². The van der Waals surface area contributed by atoms with Gasteiger partial charge in [-0.05, 0) is 31.6 Å². The van der Waals surface area contributed by atoms with Crippen molar-refractivity contribution >= 4 is 39.5 Å². The highest BCUT2D eigenvalue weighted by Crippen LogP contribution is 2.45. The predicted molar refractivity (Wildman–Crippen MR) is 372 cm³/mol. The molecule has 2 unspecified atom stereocenters. The molecule has 92 heavy (non-hydrogen) atoms. The molecule has 0 spiro atoms. The summed E-state index contributed by atoms with van der Waals surface area (Å²) in [5.74, 6) is -1.44. The highest BCUT2D eigenvalue weighted by atomic mass is 31.2. The van der Waals surface area contributed by atoms with Crippen LogP contribution < -0.4 is 0 Å². The average Bonchev–Trinajstić information content (AvgIpc) is 1.85. The second-order valence-corrected chi connectivity index (χ2v) is 29.7. The minimum Gasteiger partial charge on any atom is -0.462 e. The molecule has 0 aliphatic heterocycles. The molecule has 0 radical (unpaired) electrons. The number of aliphatic hydroxyl groups excluding tert-OH is 1. The molecule has 0 aromatic rings. The lowest BCUT2D eigenvalue weighted by Crippen LogP contribution is -2.30. The molecule has 0 saturated carbocycles. The summed E-state index contributed by atoms with van der Waals surface area (Å²) in [6, 6.07) is 0. The number of phosphoric ester groups is 2. The number of ether oxygens (including phenoxy) is 4. The van der Waals surface area contributed by atoms with Gasteiger partial charge in [0.2, 0.25) is 0 Å². The van der Waals surface area contributed by atoms with Gasteiger partial charge in [0.1, 0.15) is 19.3 Å². The van der Waals surface area contributed by atoms with Gasteiger partial charge in [-0.3, -0.25) is 37.3 Å². The molecule has 0 bridgehead atoms. The third kappa shape index (κ3) is 66.7. The molecule has 0 amide bonds. The monoisotopic (exact) mass is 1350 g/mol. The summed E-state index contributed by atoms with van der Waals surface area (Å²) in [4.78, 5) is 72.5. The fourth-order valence-corrected chi connectivity index (χ4v) is 12.8. The van der Waals surface area contributed by atoms with E-state index >= 15 is 0 Å². The van der Waals surface area contributed by atoms with Crippen molar-refractivity contribution < 1.29 is 80.2 Å². The third-order valence-corrected chi connectivity index (χ3v) is 18.9. The van der Waals surface area contributed by atoms with Crippen molar-refractivity contribution in [1.29, 1.82) is 0 Å². The quantitative estimate of drug-likeness (QED) is 0.0222. The Hall–Kier alpha value is -1.94. The first kappa shape index (κ1) is 90.1. The summed E-state index contributed by atoms with van der Waals surface area (Å²) in [6.45, 7) is 7.17. The lowest BCUT2D eigenvalue weighted by atomic mass is 10.0. The average molecular weight is 1350 g/mol. The lowest BCUT2D eigenvalue weighted by Gasteiger charge is -2.21. The van der Waals surface area contributed by atoms with Crippen LogP contribution in [-0.4, -0.2) is 96.7 Å². The van der Waals surface area contributed by atoms with Crippen molar-refractivity contribution in [2.75, 3.05) is 39.6 Å². The smallest absolute Gasteiger partial charge is 0.462 e. The second kappa shape index (κ2) is 66.3. The largest absolute Gasteiger partial charge is 0.472 e. The molecule has 0 aliphatic rings. The molecule has 0 heterocycles. The van der Waals surface area contributed by atoms with E-state index in [2.05, 4.69) is 34.6 Å². The van der Waals surface area contributed by atoms with E-state index in [1.807, 2.05) is 0 Å². The Morgan fingerprint density at radius 2 is 0.500 bits per heavy atom. The van der Waals surface area contributed by atoms with Crippen LogP contribution >= 0.6 is 15.6 Å². The summed E-state index contributed by atoms with van der Waals surface area (Å²) >= 11 is 0. The molecule has 0 aromatic carbocycles. The van der Waals surface area contributed by atoms with Crippen molar-refractivity contribution in [3.8, 4) is 0 Å². The van der Waals surface area contributed by atoms with Crippen LogP contribution in [0.1, 0.15) is 381 Å². The maximum Gasteiger partial charge on any atom is 0.472 e. The first-order valence-corrected chi connectivity index (χ1v) is 41.1. The van der Waals surface area contributed by atoms with E-state index in [-0.39, 0.29) is 25.7 Å². The zero-order valence-electron chi connectivity index (χ0n) is 59.7. The van der Waals surface area contributed by atoms with Crippen molar-refractivity contribution in [3.05, 3.63) is 0 Å². The number of aliphatic hydroxyl groups is 1. The van der Waals surface area contributed by atoms with Gasteiger partial charge >= 0.3 is 39.5 Å². The van der Waals surface area contributed by atoms with Crippen molar-refractivity contribution in [2.24, 2.45) is 5.92 Å². The van der Waals surface area contributed by atoms with Crippen molar-refractivity contribution in [2.45, 2.75) is 400 Å². The van der Waals surface area contributed by atoms with Crippen LogP contribution in [0.2, 0.25) is 0 Å². The Labute approximate surface area is 562 Å². The van der Waals surface area contributed by atoms with Crippen LogP contribution in [0, 0.1) is 5.92 Å². The zero-order chi connectivity index (χ0) is 67.7. The van der Waals surface area contributed by atoms with Crippen LogP contribution in [0.5, 0.6) is 0 Å². The predicted octanol–water partition coefficient (Wildman–Crippen LogP) is 21.3. The van der Waals surface area contributed by atoms with Gasteiger partial charge in [-0.25, -0.2) is 9.13 Å². The number of phosphoric acid groups is 2. The van der Waals surface area contributed by atoms with E-state index in [4.69, 9.17) is 37.0 Å². The normalized spacial score (nSPS) is 14.0. The Morgan fingerprint density at radius 1 is 0.293 bits per heavy atom. The summed E-state index contributed by atoms with van der Waals surface area (Å²) in [7, 11) is -9.90. The highest BCUT2D eigenvalue weighted by molar-refractivity contribution is 7.47. The fourth-order valence-electron chi connectivity index (χ4n) is 11.2. The molecule has 3 N–H and O–H groups in total. The Morgan fingerprint density at radius 3 is 0.739 bits per heavy atom. The molecule has 546 valence electrons. The van der Waals surface area contributed by atoms with Crippen molar-refractivity contribution in [3.63, 3.8) is 0 Å². The zero-order valence-corrected chi connectivity index (χ0v) is 61.5. The van der Waals surface area contributed by atoms with Gasteiger partial charge in [-0.2, -0.15) is 0 Å². The standard InChI is InChI=1S/C73H142O17P2/c1-6-9-12-15-18-21-24-26-27-28-29-30-31-32-33-34-36-39-42-49-54-59-73(78)89-68(62-83-70(75)56-51-46-40-38-35-25-22-19-16-13-10-7-2)64-87-91(79,80)85-60-67(74)61-86-92(81,82)88-65-69(63-84-71(76)57-52-47-44-43-45-50-55-66(4)5)90-72(77)58-53-48-41-37-23-20-17-14-11-8-3/h66-69,74H,6-65H2,1-5H3,(H,79,80)(H,81,82)/t67-,68-,69-/m1/s1. The second-order valence-electron chi connectivity index (χ2n) is 26.8. The van der Waals surface area contributed by atoms with Crippen LogP contribution in [0.3, 0.4) is 0 Å². The van der Waals surface area contributed by atoms with Crippen LogP contribution in [0.15, 0.2) is 0 Å². The van der Waals surface area contributed by atoms with E-state index in [0.717, 1.165) is 96.3 Å². The minimum atomic E-state index is -4.95. The molecule has 0 saturated heterocycles. The van der Waals surface area contributed by atoms with Crippen molar-refractivity contribution in [1.82, 2.24) is 0 Å². The van der Waals surface area contributed by atoms with Gasteiger partial charge < -0.3 is 33.8 Å². The summed E-state index contributed by atoms with van der Waals surface area (Å²) < 4.78 is 68.3. The van der Waals surface area contributed by atoms with E-state index in [9.17, 15) is 43.2 Å². The molecule has 5 atom stereocenters. The summed E-state index contributed by atoms with van der Waals surface area (Å²) in [5, 5.41) is 10.6. The van der Waals surface area contributed by atoms with Gasteiger partial charge in [-0.1, -0.05) is 330 Å². The highest BCUT2D eigenvalue weighted by Gasteiger charge is 2.30. The maximum absolute atomic E-state index is 13.0. The van der Waals surface area contributed by atoms with Gasteiger partial charge in [0.05, 0.1) is 26.4 Å². The lowest BCUT2D eigenvalue weighted by molar-refractivity contribution is -0.161.